The summed E-state index contributed by atoms with van der Waals surface area (Å²) in [4.78, 5) is 14.6. The molecule has 1 aromatic carbocycles. The van der Waals surface area contributed by atoms with Crippen LogP contribution in [0.1, 0.15) is 30.1 Å². The van der Waals surface area contributed by atoms with Gasteiger partial charge in [-0.2, -0.15) is 0 Å². The third-order valence-corrected chi connectivity index (χ3v) is 4.15. The van der Waals surface area contributed by atoms with E-state index in [1.165, 1.54) is 0 Å². The fraction of sp³-hybridized carbons (Fsp3) is 0.562. The van der Waals surface area contributed by atoms with E-state index in [1.807, 2.05) is 6.92 Å². The molecule has 1 fully saturated rings. The van der Waals surface area contributed by atoms with Gasteiger partial charge in [0.05, 0.1) is 20.3 Å². The molecule has 1 aliphatic heterocycles. The van der Waals surface area contributed by atoms with Crippen LogP contribution in [0.5, 0.6) is 11.5 Å². The first-order chi connectivity index (χ1) is 10.1. The molecule has 1 saturated heterocycles. The summed E-state index contributed by atoms with van der Waals surface area (Å²) < 4.78 is 10.6. The van der Waals surface area contributed by atoms with E-state index in [1.54, 1.807) is 37.3 Å². The number of aliphatic hydroxyl groups excluding tert-OH is 1. The third-order valence-electron chi connectivity index (χ3n) is 4.15. The van der Waals surface area contributed by atoms with Gasteiger partial charge in [0, 0.05) is 19.0 Å². The lowest BCUT2D eigenvalue weighted by molar-refractivity contribution is 0.0226. The van der Waals surface area contributed by atoms with Gasteiger partial charge in [0.2, 0.25) is 0 Å². The van der Waals surface area contributed by atoms with Crippen LogP contribution in [0.15, 0.2) is 18.2 Å². The van der Waals surface area contributed by atoms with Crippen LogP contribution in [-0.2, 0) is 0 Å². The van der Waals surface area contributed by atoms with Crippen LogP contribution in [-0.4, -0.2) is 49.3 Å². The molecule has 116 valence electrons. The highest BCUT2D eigenvalue weighted by atomic mass is 16.5. The highest BCUT2D eigenvalue weighted by molar-refractivity contribution is 5.99. The number of rotatable bonds is 4. The van der Waals surface area contributed by atoms with Crippen molar-refractivity contribution in [3.8, 4) is 11.5 Å². The first kappa shape index (κ1) is 15.6. The topological polar surface area (TPSA) is 59.0 Å². The Kier molecular flexibility index (Phi) is 5.07. The molecule has 1 aromatic rings. The van der Waals surface area contributed by atoms with Gasteiger partial charge in [-0.1, -0.05) is 13.0 Å². The van der Waals surface area contributed by atoms with Crippen LogP contribution in [0.4, 0.5) is 0 Å². The lowest BCUT2D eigenvalue weighted by atomic mass is 9.92. The van der Waals surface area contributed by atoms with Crippen molar-refractivity contribution in [2.45, 2.75) is 25.9 Å². The number of ether oxygens (including phenoxy) is 2. The minimum atomic E-state index is -0.321. The molecule has 1 N–H and O–H groups in total. The standard InChI is InChI=1S/C16H23NO4/c1-4-11-10-17(9-8-12(11)18)16(19)15-13(20-2)6-5-7-14(15)21-3/h5-7,11-12,18H,4,8-10H2,1-3H3. The Labute approximate surface area is 125 Å². The Morgan fingerprint density at radius 2 is 1.95 bits per heavy atom. The van der Waals surface area contributed by atoms with Gasteiger partial charge in [0.1, 0.15) is 17.1 Å². The zero-order valence-electron chi connectivity index (χ0n) is 12.8. The number of aliphatic hydroxyl groups is 1. The van der Waals surface area contributed by atoms with Crippen molar-refractivity contribution in [2.24, 2.45) is 5.92 Å². The predicted octanol–water partition coefficient (Wildman–Crippen LogP) is 1.94. The van der Waals surface area contributed by atoms with E-state index in [0.29, 0.717) is 36.6 Å². The SMILES string of the molecule is CCC1CN(C(=O)c2c(OC)cccc2OC)CCC1O. The minimum absolute atomic E-state index is 0.102. The van der Waals surface area contributed by atoms with Crippen LogP contribution >= 0.6 is 0 Å². The van der Waals surface area contributed by atoms with Gasteiger partial charge >= 0.3 is 0 Å². The summed E-state index contributed by atoms with van der Waals surface area (Å²) in [6.07, 6.45) is 1.15. The molecule has 2 rings (SSSR count). The summed E-state index contributed by atoms with van der Waals surface area (Å²) in [5.74, 6) is 1.05. The van der Waals surface area contributed by atoms with Crippen molar-refractivity contribution >= 4 is 5.91 Å². The number of benzene rings is 1. The van der Waals surface area contributed by atoms with Gasteiger partial charge in [-0.3, -0.25) is 4.79 Å². The summed E-state index contributed by atoms with van der Waals surface area (Å²) in [6.45, 7) is 3.15. The summed E-state index contributed by atoms with van der Waals surface area (Å²) in [7, 11) is 3.08. The fourth-order valence-electron chi connectivity index (χ4n) is 2.83. The maximum absolute atomic E-state index is 12.8. The molecule has 1 aliphatic rings. The fourth-order valence-corrected chi connectivity index (χ4v) is 2.83. The number of amides is 1. The van der Waals surface area contributed by atoms with Crippen molar-refractivity contribution in [1.29, 1.82) is 0 Å². The molecule has 1 heterocycles. The first-order valence-corrected chi connectivity index (χ1v) is 7.30. The summed E-state index contributed by atoms with van der Waals surface area (Å²) >= 11 is 0. The largest absolute Gasteiger partial charge is 0.496 e. The molecule has 2 unspecified atom stereocenters. The Bertz CT molecular complexity index is 481. The van der Waals surface area contributed by atoms with E-state index < -0.39 is 0 Å². The third kappa shape index (κ3) is 3.13. The highest BCUT2D eigenvalue weighted by Gasteiger charge is 2.31. The average molecular weight is 293 g/mol. The van der Waals surface area contributed by atoms with E-state index in [-0.39, 0.29) is 17.9 Å². The van der Waals surface area contributed by atoms with Crippen LogP contribution in [0.3, 0.4) is 0 Å². The molecule has 2 atom stereocenters. The van der Waals surface area contributed by atoms with Crippen LogP contribution in [0.2, 0.25) is 0 Å². The smallest absolute Gasteiger partial charge is 0.261 e. The van der Waals surface area contributed by atoms with Crippen molar-refractivity contribution in [1.82, 2.24) is 4.90 Å². The number of carbonyl (C=O) groups excluding carboxylic acids is 1. The molecular weight excluding hydrogens is 270 g/mol. The second kappa shape index (κ2) is 6.80. The average Bonchev–Trinajstić information content (AvgIpc) is 2.53. The minimum Gasteiger partial charge on any atom is -0.496 e. The second-order valence-electron chi connectivity index (χ2n) is 5.31. The van der Waals surface area contributed by atoms with E-state index in [9.17, 15) is 9.90 Å². The van der Waals surface area contributed by atoms with Crippen molar-refractivity contribution in [3.63, 3.8) is 0 Å². The summed E-state index contributed by atoms with van der Waals surface area (Å²) in [6, 6.07) is 5.31. The zero-order valence-corrected chi connectivity index (χ0v) is 12.8. The monoisotopic (exact) mass is 293 g/mol. The molecular formula is C16H23NO4. The van der Waals surface area contributed by atoms with E-state index >= 15 is 0 Å². The summed E-state index contributed by atoms with van der Waals surface area (Å²) in [5, 5.41) is 9.95. The normalized spacial score (nSPS) is 22.0. The van der Waals surface area contributed by atoms with Crippen molar-refractivity contribution in [3.05, 3.63) is 23.8 Å². The van der Waals surface area contributed by atoms with Gasteiger partial charge in [-0.05, 0) is 25.0 Å². The van der Waals surface area contributed by atoms with Gasteiger partial charge in [0.25, 0.3) is 5.91 Å². The molecule has 5 heteroatoms. The predicted molar refractivity (Wildman–Crippen MR) is 79.9 cm³/mol. The molecule has 21 heavy (non-hydrogen) atoms. The first-order valence-electron chi connectivity index (χ1n) is 7.30. The number of likely N-dealkylation sites (tertiary alicyclic amines) is 1. The van der Waals surface area contributed by atoms with Crippen LogP contribution in [0.25, 0.3) is 0 Å². The molecule has 0 bridgehead atoms. The number of nitrogens with zero attached hydrogens (tertiary/aromatic N) is 1. The number of methoxy groups -OCH3 is 2. The number of hydrogen-bond donors (Lipinski definition) is 1. The van der Waals surface area contributed by atoms with Crippen molar-refractivity contribution in [2.75, 3.05) is 27.3 Å². The van der Waals surface area contributed by atoms with Gasteiger partial charge in [0.15, 0.2) is 0 Å². The van der Waals surface area contributed by atoms with Gasteiger partial charge in [-0.15, -0.1) is 0 Å². The molecule has 0 aromatic heterocycles. The molecule has 0 spiro atoms. The lowest BCUT2D eigenvalue weighted by Crippen LogP contribution is -2.45. The molecule has 0 radical (unpaired) electrons. The lowest BCUT2D eigenvalue weighted by Gasteiger charge is -2.36. The Hall–Kier alpha value is -1.75. The molecule has 0 saturated carbocycles. The van der Waals surface area contributed by atoms with Gasteiger partial charge < -0.3 is 19.5 Å². The molecule has 0 aliphatic carbocycles. The maximum Gasteiger partial charge on any atom is 0.261 e. The number of carbonyl (C=O) groups is 1. The number of hydrogen-bond acceptors (Lipinski definition) is 4. The van der Waals surface area contributed by atoms with Crippen LogP contribution in [0, 0.1) is 5.92 Å². The maximum atomic E-state index is 12.8. The Morgan fingerprint density at radius 3 is 2.48 bits per heavy atom. The Balaban J connectivity index is 2.28. The Morgan fingerprint density at radius 1 is 1.33 bits per heavy atom. The van der Waals surface area contributed by atoms with E-state index in [0.717, 1.165) is 6.42 Å². The number of piperidine rings is 1. The van der Waals surface area contributed by atoms with Gasteiger partial charge in [-0.25, -0.2) is 0 Å². The highest BCUT2D eigenvalue weighted by Crippen LogP contribution is 2.31. The van der Waals surface area contributed by atoms with Crippen LogP contribution < -0.4 is 9.47 Å². The van der Waals surface area contributed by atoms with E-state index in [4.69, 9.17) is 9.47 Å². The second-order valence-corrected chi connectivity index (χ2v) is 5.31. The zero-order chi connectivity index (χ0) is 15.4. The quantitative estimate of drug-likeness (QED) is 0.921. The molecule has 5 nitrogen and oxygen atoms in total. The summed E-state index contributed by atoms with van der Waals surface area (Å²) in [5.41, 5.74) is 0.453. The van der Waals surface area contributed by atoms with Crippen molar-refractivity contribution < 1.29 is 19.4 Å². The molecule has 1 amide bonds. The van der Waals surface area contributed by atoms with E-state index in [2.05, 4.69) is 0 Å².